The first-order valence-electron chi connectivity index (χ1n) is 8.41. The SMILES string of the molecule is Cc1cc(C(C)(C)C)cc(OC(=O)c2ccccc2)c1OC(=O)N(C)C. The van der Waals surface area contributed by atoms with Crippen molar-refractivity contribution < 1.29 is 19.1 Å². The second-order valence-corrected chi connectivity index (χ2v) is 7.39. The van der Waals surface area contributed by atoms with Crippen LogP contribution in [0, 0.1) is 6.92 Å². The molecular formula is C21H25NO4. The molecule has 0 aliphatic heterocycles. The molecule has 1 amide bonds. The fourth-order valence-corrected chi connectivity index (χ4v) is 2.29. The Hall–Kier alpha value is -2.82. The summed E-state index contributed by atoms with van der Waals surface area (Å²) < 4.78 is 11.0. The number of hydrogen-bond donors (Lipinski definition) is 0. The zero-order chi connectivity index (χ0) is 19.5. The zero-order valence-electron chi connectivity index (χ0n) is 16.1. The standard InChI is InChI=1S/C21H25NO4/c1-14-12-16(21(2,3)4)13-17(18(14)26-20(24)22(5)6)25-19(23)15-10-8-7-9-11-15/h7-13H,1-6H3. The topological polar surface area (TPSA) is 55.8 Å². The number of nitrogens with zero attached hydrogens (tertiary/aromatic N) is 1. The number of hydrogen-bond acceptors (Lipinski definition) is 4. The maximum Gasteiger partial charge on any atom is 0.414 e. The number of esters is 1. The monoisotopic (exact) mass is 355 g/mol. The van der Waals surface area contributed by atoms with E-state index in [1.54, 1.807) is 44.4 Å². The minimum absolute atomic E-state index is 0.150. The van der Waals surface area contributed by atoms with Crippen LogP contribution >= 0.6 is 0 Å². The third kappa shape index (κ3) is 4.63. The van der Waals surface area contributed by atoms with Crippen molar-refractivity contribution in [2.75, 3.05) is 14.1 Å². The van der Waals surface area contributed by atoms with Gasteiger partial charge in [-0.05, 0) is 41.7 Å². The van der Waals surface area contributed by atoms with E-state index in [-0.39, 0.29) is 16.9 Å². The van der Waals surface area contributed by atoms with Crippen molar-refractivity contribution in [1.29, 1.82) is 0 Å². The van der Waals surface area contributed by atoms with Crippen LogP contribution in [0.1, 0.15) is 42.3 Å². The van der Waals surface area contributed by atoms with Gasteiger partial charge in [0.2, 0.25) is 0 Å². The van der Waals surface area contributed by atoms with Crippen LogP contribution in [0.4, 0.5) is 4.79 Å². The Kier molecular flexibility index (Phi) is 5.70. The smallest absolute Gasteiger partial charge is 0.414 e. The molecule has 0 unspecified atom stereocenters. The summed E-state index contributed by atoms with van der Waals surface area (Å²) >= 11 is 0. The molecule has 0 aliphatic rings. The molecule has 0 bridgehead atoms. The maximum absolute atomic E-state index is 12.5. The summed E-state index contributed by atoms with van der Waals surface area (Å²) in [6.07, 6.45) is -0.534. The number of rotatable bonds is 3. The lowest BCUT2D eigenvalue weighted by Crippen LogP contribution is -2.26. The molecule has 138 valence electrons. The minimum Gasteiger partial charge on any atom is -0.419 e. The number of carbonyl (C=O) groups is 2. The Bertz CT molecular complexity index is 805. The highest BCUT2D eigenvalue weighted by atomic mass is 16.6. The Morgan fingerprint density at radius 2 is 1.58 bits per heavy atom. The summed E-state index contributed by atoms with van der Waals surface area (Å²) in [4.78, 5) is 25.8. The molecule has 0 aliphatic carbocycles. The summed E-state index contributed by atoms with van der Waals surface area (Å²) in [6.45, 7) is 8.02. The molecule has 0 spiro atoms. The van der Waals surface area contributed by atoms with Gasteiger partial charge in [0.15, 0.2) is 11.5 Å². The van der Waals surface area contributed by atoms with Crippen molar-refractivity contribution in [3.63, 3.8) is 0 Å². The molecule has 0 fully saturated rings. The molecule has 2 rings (SSSR count). The van der Waals surface area contributed by atoms with E-state index in [2.05, 4.69) is 20.8 Å². The van der Waals surface area contributed by atoms with Crippen molar-refractivity contribution in [1.82, 2.24) is 4.90 Å². The summed E-state index contributed by atoms with van der Waals surface area (Å²) in [5, 5.41) is 0. The van der Waals surface area contributed by atoms with Crippen LogP contribution in [0.25, 0.3) is 0 Å². The molecule has 26 heavy (non-hydrogen) atoms. The van der Waals surface area contributed by atoms with Gasteiger partial charge in [0, 0.05) is 14.1 Å². The van der Waals surface area contributed by atoms with Crippen LogP contribution in [0.15, 0.2) is 42.5 Å². The van der Waals surface area contributed by atoms with E-state index in [1.807, 2.05) is 19.1 Å². The molecule has 0 aromatic heterocycles. The van der Waals surface area contributed by atoms with Crippen LogP contribution in [0.2, 0.25) is 0 Å². The number of amides is 1. The van der Waals surface area contributed by atoms with Gasteiger partial charge >= 0.3 is 12.1 Å². The highest BCUT2D eigenvalue weighted by molar-refractivity contribution is 5.91. The zero-order valence-corrected chi connectivity index (χ0v) is 16.1. The normalized spacial score (nSPS) is 11.0. The van der Waals surface area contributed by atoms with Crippen molar-refractivity contribution in [2.45, 2.75) is 33.1 Å². The molecule has 2 aromatic rings. The second kappa shape index (κ2) is 7.60. The van der Waals surface area contributed by atoms with E-state index in [0.29, 0.717) is 5.56 Å². The van der Waals surface area contributed by atoms with Crippen molar-refractivity contribution in [2.24, 2.45) is 0 Å². The first-order chi connectivity index (χ1) is 12.1. The van der Waals surface area contributed by atoms with Crippen LogP contribution in [-0.4, -0.2) is 31.1 Å². The van der Waals surface area contributed by atoms with Crippen LogP contribution in [-0.2, 0) is 5.41 Å². The molecule has 0 saturated heterocycles. The predicted octanol–water partition coefficient (Wildman–Crippen LogP) is 4.57. The first-order valence-corrected chi connectivity index (χ1v) is 8.41. The van der Waals surface area contributed by atoms with Gasteiger partial charge in [0.25, 0.3) is 0 Å². The minimum atomic E-state index is -0.534. The average Bonchev–Trinajstić information content (AvgIpc) is 2.57. The summed E-state index contributed by atoms with van der Waals surface area (Å²) in [7, 11) is 3.19. The summed E-state index contributed by atoms with van der Waals surface area (Å²) in [5.74, 6) is -0.0156. The number of carbonyl (C=O) groups excluding carboxylic acids is 2. The maximum atomic E-state index is 12.5. The molecule has 0 saturated carbocycles. The lowest BCUT2D eigenvalue weighted by molar-refractivity contribution is 0.0727. The molecule has 0 radical (unpaired) electrons. The molecule has 2 aromatic carbocycles. The van der Waals surface area contributed by atoms with E-state index in [0.717, 1.165) is 11.1 Å². The molecule has 0 atom stereocenters. The lowest BCUT2D eigenvalue weighted by atomic mass is 9.86. The largest absolute Gasteiger partial charge is 0.419 e. The van der Waals surface area contributed by atoms with Gasteiger partial charge in [-0.25, -0.2) is 9.59 Å². The van der Waals surface area contributed by atoms with E-state index in [4.69, 9.17) is 9.47 Å². The van der Waals surface area contributed by atoms with Gasteiger partial charge < -0.3 is 14.4 Å². The van der Waals surface area contributed by atoms with Gasteiger partial charge in [-0.2, -0.15) is 0 Å². The highest BCUT2D eigenvalue weighted by Gasteiger charge is 2.23. The van der Waals surface area contributed by atoms with Gasteiger partial charge in [0.1, 0.15) is 0 Å². The van der Waals surface area contributed by atoms with E-state index < -0.39 is 12.1 Å². The fourth-order valence-electron chi connectivity index (χ4n) is 2.29. The van der Waals surface area contributed by atoms with Crippen LogP contribution in [0.3, 0.4) is 0 Å². The quantitative estimate of drug-likeness (QED) is 0.598. The second-order valence-electron chi connectivity index (χ2n) is 7.39. The van der Waals surface area contributed by atoms with E-state index >= 15 is 0 Å². The Morgan fingerprint density at radius 1 is 0.962 bits per heavy atom. The first kappa shape index (κ1) is 19.5. The molecular weight excluding hydrogens is 330 g/mol. The number of benzene rings is 2. The van der Waals surface area contributed by atoms with E-state index in [1.165, 1.54) is 4.90 Å². The highest BCUT2D eigenvalue weighted by Crippen LogP contribution is 2.37. The van der Waals surface area contributed by atoms with E-state index in [9.17, 15) is 9.59 Å². The van der Waals surface area contributed by atoms with Crippen molar-refractivity contribution >= 4 is 12.1 Å². The van der Waals surface area contributed by atoms with Crippen molar-refractivity contribution in [3.8, 4) is 11.5 Å². The number of aryl methyl sites for hydroxylation is 1. The summed E-state index contributed by atoms with van der Waals surface area (Å²) in [5.41, 5.74) is 1.98. The van der Waals surface area contributed by atoms with Gasteiger partial charge in [-0.1, -0.05) is 45.0 Å². The molecule has 0 N–H and O–H groups in total. The molecule has 0 heterocycles. The third-order valence-corrected chi connectivity index (χ3v) is 3.87. The lowest BCUT2D eigenvalue weighted by Gasteiger charge is -2.23. The van der Waals surface area contributed by atoms with Gasteiger partial charge in [0.05, 0.1) is 5.56 Å². The van der Waals surface area contributed by atoms with Gasteiger partial charge in [-0.15, -0.1) is 0 Å². The number of ether oxygens (including phenoxy) is 2. The summed E-state index contributed by atoms with van der Waals surface area (Å²) in [6, 6.07) is 12.4. The van der Waals surface area contributed by atoms with Gasteiger partial charge in [-0.3, -0.25) is 0 Å². The predicted molar refractivity (Wildman–Crippen MR) is 101 cm³/mol. The molecule has 5 nitrogen and oxygen atoms in total. The van der Waals surface area contributed by atoms with Crippen molar-refractivity contribution in [3.05, 3.63) is 59.2 Å². The third-order valence-electron chi connectivity index (χ3n) is 3.87. The van der Waals surface area contributed by atoms with Crippen LogP contribution < -0.4 is 9.47 Å². The molecule has 5 heteroatoms. The average molecular weight is 355 g/mol. The Balaban J connectivity index is 2.47. The fraction of sp³-hybridized carbons (Fsp3) is 0.333. The van der Waals surface area contributed by atoms with Crippen LogP contribution in [0.5, 0.6) is 11.5 Å². The Labute approximate surface area is 154 Å². The Morgan fingerprint density at radius 3 is 2.12 bits per heavy atom.